The zero-order valence-electron chi connectivity index (χ0n) is 7.65. The number of hydrogen-bond acceptors (Lipinski definition) is 1. The van der Waals surface area contributed by atoms with E-state index in [0.29, 0.717) is 12.3 Å². The maximum atomic E-state index is 11.6. The van der Waals surface area contributed by atoms with E-state index in [1.807, 2.05) is 13.8 Å². The Balaban J connectivity index is 3.34. The number of carbonyl (C=O) groups is 1. The fraction of sp³-hybridized carbons (Fsp3) is 0.889. The molecule has 0 aliphatic rings. The van der Waals surface area contributed by atoms with E-state index >= 15 is 0 Å². The minimum Gasteiger partial charge on any atom is -0.300 e. The zero-order chi connectivity index (χ0) is 9.56. The predicted molar refractivity (Wildman–Crippen MR) is 44.3 cm³/mol. The number of Topliss-reactive ketones (excluding diaryl/α,β-unsaturated/α-hetero) is 1. The molecule has 0 aromatic heterocycles. The fourth-order valence-electron chi connectivity index (χ4n) is 0.845. The Kier molecular flexibility index (Phi) is 5.85. The minimum atomic E-state index is -2.34. The van der Waals surface area contributed by atoms with Crippen LogP contribution in [0.5, 0.6) is 0 Å². The van der Waals surface area contributed by atoms with Crippen molar-refractivity contribution in [2.45, 2.75) is 46.0 Å². The molecule has 0 aliphatic heterocycles. The van der Waals surface area contributed by atoms with Crippen LogP contribution in [0.15, 0.2) is 0 Å². The second kappa shape index (κ2) is 6.09. The molecule has 0 fully saturated rings. The maximum absolute atomic E-state index is 11.6. The molecule has 0 rings (SSSR count). The summed E-state index contributed by atoms with van der Waals surface area (Å²) in [7, 11) is 0. The Bertz CT molecular complexity index is 118. The van der Waals surface area contributed by atoms with Crippen molar-refractivity contribution in [3.8, 4) is 0 Å². The van der Waals surface area contributed by atoms with E-state index in [-0.39, 0.29) is 18.6 Å². The van der Waals surface area contributed by atoms with Gasteiger partial charge in [-0.2, -0.15) is 0 Å². The van der Waals surface area contributed by atoms with Gasteiger partial charge in [-0.3, -0.25) is 4.79 Å². The molecule has 0 bridgehead atoms. The molecule has 0 aromatic carbocycles. The summed E-state index contributed by atoms with van der Waals surface area (Å²) in [6, 6.07) is 0. The molecule has 72 valence electrons. The lowest BCUT2D eigenvalue weighted by molar-refractivity contribution is -0.120. The summed E-state index contributed by atoms with van der Waals surface area (Å²) < 4.78 is 23.3. The van der Waals surface area contributed by atoms with Gasteiger partial charge in [0.25, 0.3) is 0 Å². The summed E-state index contributed by atoms with van der Waals surface area (Å²) in [5.41, 5.74) is 0. The van der Waals surface area contributed by atoms with Gasteiger partial charge in [-0.05, 0) is 12.3 Å². The SMILES string of the molecule is CC(C)CCC(=O)CCC(F)F. The first-order valence-corrected chi connectivity index (χ1v) is 4.32. The first-order chi connectivity index (χ1) is 5.52. The van der Waals surface area contributed by atoms with E-state index in [0.717, 1.165) is 6.42 Å². The standard InChI is InChI=1S/C9H16F2O/c1-7(2)3-4-8(12)5-6-9(10)11/h7,9H,3-6H2,1-2H3. The lowest BCUT2D eigenvalue weighted by atomic mass is 10.0. The summed E-state index contributed by atoms with van der Waals surface area (Å²) in [6.45, 7) is 4.03. The predicted octanol–water partition coefficient (Wildman–Crippen LogP) is 3.04. The van der Waals surface area contributed by atoms with E-state index < -0.39 is 6.43 Å². The molecular weight excluding hydrogens is 162 g/mol. The second-order valence-electron chi connectivity index (χ2n) is 3.40. The molecule has 0 unspecified atom stereocenters. The van der Waals surface area contributed by atoms with Gasteiger partial charge in [0.05, 0.1) is 0 Å². The van der Waals surface area contributed by atoms with Crippen LogP contribution in [0.3, 0.4) is 0 Å². The Labute approximate surface area is 72.2 Å². The molecule has 0 N–H and O–H groups in total. The molecule has 0 atom stereocenters. The second-order valence-corrected chi connectivity index (χ2v) is 3.40. The normalized spacial score (nSPS) is 11.2. The number of ketones is 1. The quantitative estimate of drug-likeness (QED) is 0.611. The highest BCUT2D eigenvalue weighted by Gasteiger charge is 2.08. The molecule has 0 spiro atoms. The van der Waals surface area contributed by atoms with Crippen molar-refractivity contribution in [3.63, 3.8) is 0 Å². The van der Waals surface area contributed by atoms with Crippen LogP contribution in [-0.2, 0) is 4.79 Å². The average Bonchev–Trinajstić information content (AvgIpc) is 1.96. The molecule has 0 heterocycles. The molecule has 3 heteroatoms. The molecule has 0 aromatic rings. The molecule has 12 heavy (non-hydrogen) atoms. The largest absolute Gasteiger partial charge is 0.300 e. The van der Waals surface area contributed by atoms with Gasteiger partial charge in [-0.25, -0.2) is 8.78 Å². The number of hydrogen-bond donors (Lipinski definition) is 0. The van der Waals surface area contributed by atoms with Crippen molar-refractivity contribution in [2.24, 2.45) is 5.92 Å². The Morgan fingerprint density at radius 2 is 1.67 bits per heavy atom. The molecular formula is C9H16F2O. The third-order valence-electron chi connectivity index (χ3n) is 1.64. The van der Waals surface area contributed by atoms with Crippen LogP contribution < -0.4 is 0 Å². The van der Waals surface area contributed by atoms with Gasteiger partial charge in [-0.15, -0.1) is 0 Å². The van der Waals surface area contributed by atoms with Crippen molar-refractivity contribution < 1.29 is 13.6 Å². The third kappa shape index (κ3) is 7.63. The van der Waals surface area contributed by atoms with Crippen LogP contribution in [0.25, 0.3) is 0 Å². The van der Waals surface area contributed by atoms with E-state index in [1.54, 1.807) is 0 Å². The summed E-state index contributed by atoms with van der Waals surface area (Å²) in [5, 5.41) is 0. The number of halogens is 2. The molecule has 1 nitrogen and oxygen atoms in total. The van der Waals surface area contributed by atoms with Crippen LogP contribution in [0.4, 0.5) is 8.78 Å². The van der Waals surface area contributed by atoms with Gasteiger partial charge in [0.1, 0.15) is 5.78 Å². The number of alkyl halides is 2. The minimum absolute atomic E-state index is 0.0321. The lowest BCUT2D eigenvalue weighted by Gasteiger charge is -2.03. The van der Waals surface area contributed by atoms with E-state index in [9.17, 15) is 13.6 Å². The highest BCUT2D eigenvalue weighted by atomic mass is 19.3. The molecule has 0 amide bonds. The highest BCUT2D eigenvalue weighted by molar-refractivity contribution is 5.78. The molecule has 0 saturated carbocycles. The highest BCUT2D eigenvalue weighted by Crippen LogP contribution is 2.09. The smallest absolute Gasteiger partial charge is 0.239 e. The van der Waals surface area contributed by atoms with Crippen molar-refractivity contribution in [2.75, 3.05) is 0 Å². The summed E-state index contributed by atoms with van der Waals surface area (Å²) >= 11 is 0. The summed E-state index contributed by atoms with van der Waals surface area (Å²) in [5.74, 6) is 0.435. The number of rotatable bonds is 6. The zero-order valence-corrected chi connectivity index (χ0v) is 7.65. The lowest BCUT2D eigenvalue weighted by Crippen LogP contribution is -2.03. The fourth-order valence-corrected chi connectivity index (χ4v) is 0.845. The summed E-state index contributed by atoms with van der Waals surface area (Å²) in [4.78, 5) is 10.9. The first-order valence-electron chi connectivity index (χ1n) is 4.32. The van der Waals surface area contributed by atoms with Crippen molar-refractivity contribution >= 4 is 5.78 Å². The monoisotopic (exact) mass is 178 g/mol. The Morgan fingerprint density at radius 1 is 1.17 bits per heavy atom. The van der Waals surface area contributed by atoms with E-state index in [1.165, 1.54) is 0 Å². The van der Waals surface area contributed by atoms with Crippen LogP contribution in [0.1, 0.15) is 39.5 Å². The van der Waals surface area contributed by atoms with Crippen LogP contribution >= 0.6 is 0 Å². The van der Waals surface area contributed by atoms with Crippen LogP contribution in [0.2, 0.25) is 0 Å². The Hall–Kier alpha value is -0.470. The third-order valence-corrected chi connectivity index (χ3v) is 1.64. The van der Waals surface area contributed by atoms with Crippen molar-refractivity contribution in [3.05, 3.63) is 0 Å². The molecule has 0 aliphatic carbocycles. The van der Waals surface area contributed by atoms with Gasteiger partial charge in [0, 0.05) is 19.3 Å². The topological polar surface area (TPSA) is 17.1 Å². The van der Waals surface area contributed by atoms with Gasteiger partial charge in [0.15, 0.2) is 0 Å². The first kappa shape index (κ1) is 11.5. The van der Waals surface area contributed by atoms with Gasteiger partial charge in [0.2, 0.25) is 6.43 Å². The van der Waals surface area contributed by atoms with Gasteiger partial charge < -0.3 is 0 Å². The van der Waals surface area contributed by atoms with E-state index in [4.69, 9.17) is 0 Å². The Morgan fingerprint density at radius 3 is 2.08 bits per heavy atom. The molecule has 0 saturated heterocycles. The van der Waals surface area contributed by atoms with Crippen molar-refractivity contribution in [1.29, 1.82) is 0 Å². The average molecular weight is 178 g/mol. The van der Waals surface area contributed by atoms with Gasteiger partial charge >= 0.3 is 0 Å². The van der Waals surface area contributed by atoms with Crippen molar-refractivity contribution in [1.82, 2.24) is 0 Å². The van der Waals surface area contributed by atoms with Crippen LogP contribution in [0, 0.1) is 5.92 Å². The number of carbonyl (C=O) groups excluding carboxylic acids is 1. The van der Waals surface area contributed by atoms with Crippen LogP contribution in [-0.4, -0.2) is 12.2 Å². The maximum Gasteiger partial charge on any atom is 0.239 e. The molecule has 0 radical (unpaired) electrons. The summed E-state index contributed by atoms with van der Waals surface area (Å²) in [6.07, 6.45) is -1.33. The van der Waals surface area contributed by atoms with E-state index in [2.05, 4.69) is 0 Å². The van der Waals surface area contributed by atoms with Gasteiger partial charge in [-0.1, -0.05) is 13.8 Å².